The summed E-state index contributed by atoms with van der Waals surface area (Å²) in [7, 11) is 0. The Morgan fingerprint density at radius 2 is 1.24 bits per heavy atom. The van der Waals surface area contributed by atoms with Gasteiger partial charge in [-0.3, -0.25) is 0 Å². The standard InChI is InChI=1S/C31H25F9O/c1-2-16-3-5-17(6-4-16)15-41-21-12-19-8-7-18-11-20(22-9-10-25(32)29(34)28(22)33)13-23(30(35,36)37)26(18)27(19)24(14-21)31(38,39)40/h7-14,16-17H,2-6,15H2,1H3. The molecule has 41 heavy (non-hydrogen) atoms. The average Bonchev–Trinajstić information content (AvgIpc) is 2.93. The maximum atomic E-state index is 14.5. The van der Waals surface area contributed by atoms with Gasteiger partial charge < -0.3 is 4.74 Å². The monoisotopic (exact) mass is 584 g/mol. The minimum absolute atomic E-state index is 0.101. The van der Waals surface area contributed by atoms with E-state index in [4.69, 9.17) is 4.74 Å². The van der Waals surface area contributed by atoms with Crippen molar-refractivity contribution in [1.82, 2.24) is 0 Å². The molecule has 4 aromatic carbocycles. The van der Waals surface area contributed by atoms with Crippen LogP contribution in [0, 0.1) is 29.3 Å². The van der Waals surface area contributed by atoms with Gasteiger partial charge in [0.15, 0.2) is 17.5 Å². The molecule has 1 fully saturated rings. The molecular formula is C31H25F9O. The van der Waals surface area contributed by atoms with Crippen molar-refractivity contribution in [2.75, 3.05) is 6.61 Å². The molecule has 0 amide bonds. The molecular weight excluding hydrogens is 559 g/mol. The van der Waals surface area contributed by atoms with E-state index in [-0.39, 0.29) is 29.0 Å². The van der Waals surface area contributed by atoms with Crippen LogP contribution in [0.3, 0.4) is 0 Å². The molecule has 1 aliphatic carbocycles. The molecule has 0 aliphatic heterocycles. The van der Waals surface area contributed by atoms with Gasteiger partial charge in [-0.05, 0) is 77.4 Å². The van der Waals surface area contributed by atoms with Crippen molar-refractivity contribution in [3.05, 3.63) is 77.1 Å². The van der Waals surface area contributed by atoms with Crippen LogP contribution in [0.15, 0.2) is 48.5 Å². The summed E-state index contributed by atoms with van der Waals surface area (Å²) in [4.78, 5) is 0. The zero-order valence-corrected chi connectivity index (χ0v) is 21.8. The van der Waals surface area contributed by atoms with Gasteiger partial charge in [-0.25, -0.2) is 13.2 Å². The smallest absolute Gasteiger partial charge is 0.417 e. The summed E-state index contributed by atoms with van der Waals surface area (Å²) in [5, 5.41) is -1.82. The normalized spacial score (nSPS) is 18.3. The summed E-state index contributed by atoms with van der Waals surface area (Å²) in [6.07, 6.45) is -5.32. The van der Waals surface area contributed by atoms with Crippen LogP contribution in [0.2, 0.25) is 0 Å². The van der Waals surface area contributed by atoms with Gasteiger partial charge in [0.1, 0.15) is 5.75 Å². The van der Waals surface area contributed by atoms with Crippen molar-refractivity contribution in [3.63, 3.8) is 0 Å². The highest BCUT2D eigenvalue weighted by Gasteiger charge is 2.38. The predicted octanol–water partition coefficient (Wildman–Crippen LogP) is 10.7. The first-order chi connectivity index (χ1) is 19.3. The van der Waals surface area contributed by atoms with E-state index in [9.17, 15) is 39.5 Å². The highest BCUT2D eigenvalue weighted by atomic mass is 19.4. The first-order valence-electron chi connectivity index (χ1n) is 13.2. The quantitative estimate of drug-likeness (QED) is 0.129. The van der Waals surface area contributed by atoms with Gasteiger partial charge in [0.25, 0.3) is 0 Å². The van der Waals surface area contributed by atoms with Crippen LogP contribution >= 0.6 is 0 Å². The number of benzene rings is 4. The zero-order valence-electron chi connectivity index (χ0n) is 21.8. The Morgan fingerprint density at radius 1 is 0.683 bits per heavy atom. The molecule has 1 aliphatic rings. The lowest BCUT2D eigenvalue weighted by Gasteiger charge is -2.27. The SMILES string of the molecule is CCC1CCC(COc2cc(C(F)(F)F)c3c(ccc4cc(-c5ccc(F)c(F)c5F)cc(C(F)(F)F)c43)c2)CC1. The Labute approximate surface area is 229 Å². The summed E-state index contributed by atoms with van der Waals surface area (Å²) in [5.74, 6) is -4.42. The van der Waals surface area contributed by atoms with Crippen LogP contribution in [-0.2, 0) is 12.4 Å². The summed E-state index contributed by atoms with van der Waals surface area (Å²) in [6.45, 7) is 2.31. The minimum Gasteiger partial charge on any atom is -0.493 e. The first kappa shape index (κ1) is 29.1. The molecule has 5 rings (SSSR count). The van der Waals surface area contributed by atoms with E-state index in [0.29, 0.717) is 24.1 Å². The third-order valence-corrected chi connectivity index (χ3v) is 7.99. The van der Waals surface area contributed by atoms with Crippen molar-refractivity contribution in [1.29, 1.82) is 0 Å². The van der Waals surface area contributed by atoms with E-state index in [0.717, 1.165) is 44.2 Å². The molecule has 0 saturated heterocycles. The van der Waals surface area contributed by atoms with E-state index >= 15 is 0 Å². The maximum Gasteiger partial charge on any atom is 0.417 e. The second-order valence-corrected chi connectivity index (χ2v) is 10.6. The van der Waals surface area contributed by atoms with Crippen LogP contribution in [0.5, 0.6) is 5.75 Å². The second-order valence-electron chi connectivity index (χ2n) is 10.6. The summed E-state index contributed by atoms with van der Waals surface area (Å²) < 4.78 is 134. The maximum absolute atomic E-state index is 14.5. The van der Waals surface area contributed by atoms with Crippen LogP contribution in [-0.4, -0.2) is 6.61 Å². The summed E-state index contributed by atoms with van der Waals surface area (Å²) in [6, 6.07) is 7.22. The van der Waals surface area contributed by atoms with E-state index in [2.05, 4.69) is 6.92 Å². The topological polar surface area (TPSA) is 9.23 Å². The molecule has 0 atom stereocenters. The molecule has 0 radical (unpaired) electrons. The molecule has 0 unspecified atom stereocenters. The molecule has 10 heteroatoms. The van der Waals surface area contributed by atoms with Crippen LogP contribution < -0.4 is 4.74 Å². The fraction of sp³-hybridized carbons (Fsp3) is 0.355. The Hall–Kier alpha value is -3.43. The Kier molecular flexibility index (Phi) is 7.63. The molecule has 218 valence electrons. The number of rotatable bonds is 5. The Bertz CT molecular complexity index is 1600. The van der Waals surface area contributed by atoms with Gasteiger partial charge in [0, 0.05) is 16.3 Å². The largest absolute Gasteiger partial charge is 0.493 e. The number of hydrogen-bond donors (Lipinski definition) is 0. The fourth-order valence-corrected chi connectivity index (χ4v) is 5.76. The van der Waals surface area contributed by atoms with Crippen molar-refractivity contribution in [3.8, 4) is 16.9 Å². The highest BCUT2D eigenvalue weighted by molar-refractivity contribution is 6.12. The lowest BCUT2D eigenvalue weighted by Crippen LogP contribution is -2.20. The molecule has 0 spiro atoms. The fourth-order valence-electron chi connectivity index (χ4n) is 5.76. The Morgan fingerprint density at radius 3 is 1.83 bits per heavy atom. The van der Waals surface area contributed by atoms with Gasteiger partial charge in [0.05, 0.1) is 17.7 Å². The van der Waals surface area contributed by atoms with Gasteiger partial charge in [-0.1, -0.05) is 38.3 Å². The van der Waals surface area contributed by atoms with E-state index in [1.54, 1.807) is 0 Å². The van der Waals surface area contributed by atoms with Crippen LogP contribution in [0.1, 0.15) is 50.2 Å². The molecule has 1 saturated carbocycles. The highest BCUT2D eigenvalue weighted by Crippen LogP contribution is 2.46. The lowest BCUT2D eigenvalue weighted by molar-refractivity contribution is -0.138. The number of halogens is 9. The molecule has 0 heterocycles. The number of alkyl halides is 6. The summed E-state index contributed by atoms with van der Waals surface area (Å²) >= 11 is 0. The van der Waals surface area contributed by atoms with Gasteiger partial charge >= 0.3 is 12.4 Å². The number of ether oxygens (including phenoxy) is 1. The molecule has 4 aromatic rings. The first-order valence-corrected chi connectivity index (χ1v) is 13.2. The van der Waals surface area contributed by atoms with Crippen molar-refractivity contribution in [2.45, 2.75) is 51.4 Å². The second kappa shape index (κ2) is 10.8. The number of hydrogen-bond acceptors (Lipinski definition) is 1. The van der Waals surface area contributed by atoms with E-state index in [1.807, 2.05) is 0 Å². The molecule has 0 aromatic heterocycles. The van der Waals surface area contributed by atoms with Gasteiger partial charge in [0.2, 0.25) is 0 Å². The van der Waals surface area contributed by atoms with Crippen molar-refractivity contribution >= 4 is 21.5 Å². The minimum atomic E-state index is -5.16. The van der Waals surface area contributed by atoms with Crippen LogP contribution in [0.4, 0.5) is 39.5 Å². The predicted molar refractivity (Wildman–Crippen MR) is 138 cm³/mol. The van der Waals surface area contributed by atoms with Crippen molar-refractivity contribution < 1.29 is 44.3 Å². The van der Waals surface area contributed by atoms with Gasteiger partial charge in [-0.2, -0.15) is 26.3 Å². The Balaban J connectivity index is 1.66. The third kappa shape index (κ3) is 5.70. The third-order valence-electron chi connectivity index (χ3n) is 7.99. The van der Waals surface area contributed by atoms with E-state index < -0.39 is 62.8 Å². The van der Waals surface area contributed by atoms with Crippen molar-refractivity contribution in [2.24, 2.45) is 11.8 Å². The van der Waals surface area contributed by atoms with Gasteiger partial charge in [-0.15, -0.1) is 0 Å². The molecule has 0 N–H and O–H groups in total. The molecule has 0 bridgehead atoms. The van der Waals surface area contributed by atoms with Crippen LogP contribution in [0.25, 0.3) is 32.7 Å². The summed E-state index contributed by atoms with van der Waals surface area (Å²) in [5.41, 5.74) is -3.90. The zero-order chi connectivity index (χ0) is 29.7. The number of fused-ring (bicyclic) bond motifs is 3. The molecule has 1 nitrogen and oxygen atoms in total. The average molecular weight is 585 g/mol. The lowest BCUT2D eigenvalue weighted by atomic mass is 9.81. The van der Waals surface area contributed by atoms with E-state index in [1.165, 1.54) is 18.2 Å².